The molecule has 1 aromatic heterocycles. The molecule has 20 heavy (non-hydrogen) atoms. The molecule has 0 radical (unpaired) electrons. The van der Waals surface area contributed by atoms with Gasteiger partial charge in [0.2, 0.25) is 0 Å². The maximum Gasteiger partial charge on any atom is 0.534 e. The summed E-state index contributed by atoms with van der Waals surface area (Å²) in [6.45, 7) is 1.53. The van der Waals surface area contributed by atoms with E-state index in [4.69, 9.17) is 4.42 Å². The average Bonchev–Trinajstić information content (AvgIpc) is 2.28. The van der Waals surface area contributed by atoms with Gasteiger partial charge in [0.1, 0.15) is 11.3 Å². The van der Waals surface area contributed by atoms with Gasteiger partial charge in [0, 0.05) is 11.5 Å². The number of hydrogen-bond acceptors (Lipinski definition) is 5. The average molecular weight is 308 g/mol. The van der Waals surface area contributed by atoms with Crippen molar-refractivity contribution < 1.29 is 30.2 Å². The molecule has 0 fully saturated rings. The second-order valence-corrected chi connectivity index (χ2v) is 5.43. The van der Waals surface area contributed by atoms with Crippen LogP contribution < -0.4 is 9.81 Å². The Hall–Kier alpha value is -2.03. The molecular formula is C11H7F3O5S. The summed E-state index contributed by atoms with van der Waals surface area (Å²) < 4.78 is 67.1. The van der Waals surface area contributed by atoms with Gasteiger partial charge in [0.25, 0.3) is 0 Å². The number of halogens is 3. The molecule has 1 heterocycles. The highest BCUT2D eigenvalue weighted by Gasteiger charge is 2.48. The molecule has 5 nitrogen and oxygen atoms in total. The van der Waals surface area contributed by atoms with Crippen LogP contribution in [0.4, 0.5) is 13.2 Å². The zero-order valence-electron chi connectivity index (χ0n) is 9.89. The highest BCUT2D eigenvalue weighted by Crippen LogP contribution is 2.29. The van der Waals surface area contributed by atoms with E-state index in [0.29, 0.717) is 5.56 Å². The second kappa shape index (κ2) is 4.51. The molecule has 0 N–H and O–H groups in total. The van der Waals surface area contributed by atoms with E-state index in [1.807, 2.05) is 0 Å². The van der Waals surface area contributed by atoms with Crippen LogP contribution in [0.2, 0.25) is 0 Å². The minimum atomic E-state index is -5.73. The van der Waals surface area contributed by atoms with Crippen molar-refractivity contribution in [3.8, 4) is 5.75 Å². The summed E-state index contributed by atoms with van der Waals surface area (Å²) in [5.41, 5.74) is -5.59. The Kier molecular flexibility index (Phi) is 3.24. The zero-order valence-corrected chi connectivity index (χ0v) is 10.7. The Labute approximate surface area is 110 Å². The van der Waals surface area contributed by atoms with Crippen LogP contribution >= 0.6 is 0 Å². The Morgan fingerprint density at radius 3 is 2.45 bits per heavy atom. The molecular weight excluding hydrogens is 301 g/mol. The van der Waals surface area contributed by atoms with Crippen LogP contribution in [-0.4, -0.2) is 13.9 Å². The Morgan fingerprint density at radius 1 is 1.20 bits per heavy atom. The number of benzene rings is 1. The quantitative estimate of drug-likeness (QED) is 0.483. The molecule has 0 amide bonds. The summed E-state index contributed by atoms with van der Waals surface area (Å²) in [5, 5.41) is 0.277. The SMILES string of the molecule is Cc1cc(=O)oc2ccc(OS(=O)(=O)C(F)(F)F)cc12. The third-order valence-corrected chi connectivity index (χ3v) is 3.39. The van der Waals surface area contributed by atoms with Crippen molar-refractivity contribution in [2.75, 3.05) is 0 Å². The van der Waals surface area contributed by atoms with Crippen molar-refractivity contribution in [2.45, 2.75) is 12.4 Å². The fourth-order valence-electron chi connectivity index (χ4n) is 1.52. The smallest absolute Gasteiger partial charge is 0.423 e. The lowest BCUT2D eigenvalue weighted by atomic mass is 10.1. The minimum absolute atomic E-state index is 0.117. The number of aryl methyl sites for hydroxylation is 1. The first-order valence-corrected chi connectivity index (χ1v) is 6.56. The molecule has 2 aromatic rings. The molecule has 0 atom stereocenters. The summed E-state index contributed by atoms with van der Waals surface area (Å²) in [4.78, 5) is 11.1. The minimum Gasteiger partial charge on any atom is -0.423 e. The van der Waals surface area contributed by atoms with Gasteiger partial charge in [-0.3, -0.25) is 0 Å². The fraction of sp³-hybridized carbons (Fsp3) is 0.182. The molecule has 0 spiro atoms. The summed E-state index contributed by atoms with van der Waals surface area (Å²) in [7, 11) is -5.73. The molecule has 1 aromatic carbocycles. The predicted molar refractivity (Wildman–Crippen MR) is 62.8 cm³/mol. The van der Waals surface area contributed by atoms with Gasteiger partial charge in [-0.1, -0.05) is 0 Å². The molecule has 2 rings (SSSR count). The van der Waals surface area contributed by atoms with Crippen LogP contribution in [0.25, 0.3) is 11.0 Å². The van der Waals surface area contributed by atoms with Crippen LogP contribution in [-0.2, 0) is 10.1 Å². The van der Waals surface area contributed by atoms with Crippen molar-refractivity contribution >= 4 is 21.1 Å². The lowest BCUT2D eigenvalue weighted by molar-refractivity contribution is -0.0500. The van der Waals surface area contributed by atoms with Crippen LogP contribution in [0, 0.1) is 6.92 Å². The second-order valence-electron chi connectivity index (χ2n) is 3.89. The van der Waals surface area contributed by atoms with Crippen LogP contribution in [0.3, 0.4) is 0 Å². The van der Waals surface area contributed by atoms with Gasteiger partial charge in [-0.2, -0.15) is 21.6 Å². The Balaban J connectivity index is 2.51. The predicted octanol–water partition coefficient (Wildman–Crippen LogP) is 2.33. The summed E-state index contributed by atoms with van der Waals surface area (Å²) >= 11 is 0. The topological polar surface area (TPSA) is 73.6 Å². The molecule has 0 aliphatic heterocycles. The van der Waals surface area contributed by atoms with E-state index in [9.17, 15) is 26.4 Å². The van der Waals surface area contributed by atoms with E-state index in [-0.39, 0.29) is 11.0 Å². The van der Waals surface area contributed by atoms with Gasteiger partial charge in [-0.05, 0) is 30.7 Å². The van der Waals surface area contributed by atoms with Gasteiger partial charge in [-0.25, -0.2) is 4.79 Å². The summed E-state index contributed by atoms with van der Waals surface area (Å²) in [6.07, 6.45) is 0. The van der Waals surface area contributed by atoms with Gasteiger partial charge < -0.3 is 8.60 Å². The standard InChI is InChI=1S/C11H7F3O5S/c1-6-4-10(15)18-9-3-2-7(5-8(6)9)19-20(16,17)11(12,13)14/h2-5H,1H3. The monoisotopic (exact) mass is 308 g/mol. The molecule has 0 saturated heterocycles. The first kappa shape index (κ1) is 14.4. The normalized spacial score (nSPS) is 12.6. The molecule has 0 bridgehead atoms. The zero-order chi connectivity index (χ0) is 15.1. The van der Waals surface area contributed by atoms with Gasteiger partial charge in [-0.15, -0.1) is 0 Å². The van der Waals surface area contributed by atoms with E-state index in [0.717, 1.165) is 24.3 Å². The Morgan fingerprint density at radius 2 is 1.85 bits per heavy atom. The van der Waals surface area contributed by atoms with Gasteiger partial charge in [0.15, 0.2) is 0 Å². The van der Waals surface area contributed by atoms with Crippen LogP contribution in [0.15, 0.2) is 33.5 Å². The number of fused-ring (bicyclic) bond motifs is 1. The maximum atomic E-state index is 12.2. The molecule has 108 valence electrons. The van der Waals surface area contributed by atoms with E-state index in [1.165, 1.54) is 6.92 Å². The molecule has 0 aliphatic carbocycles. The molecule has 0 unspecified atom stereocenters. The third kappa shape index (κ3) is 2.62. The summed E-state index contributed by atoms with van der Waals surface area (Å²) in [6, 6.07) is 4.31. The largest absolute Gasteiger partial charge is 0.534 e. The van der Waals surface area contributed by atoms with E-state index in [1.54, 1.807) is 0 Å². The van der Waals surface area contributed by atoms with E-state index >= 15 is 0 Å². The lowest BCUT2D eigenvalue weighted by Crippen LogP contribution is -2.28. The number of rotatable bonds is 2. The maximum absolute atomic E-state index is 12.2. The number of alkyl halides is 3. The van der Waals surface area contributed by atoms with Crippen LogP contribution in [0.1, 0.15) is 5.56 Å². The van der Waals surface area contributed by atoms with Crippen molar-refractivity contribution in [2.24, 2.45) is 0 Å². The van der Waals surface area contributed by atoms with Crippen molar-refractivity contribution in [3.05, 3.63) is 40.2 Å². The Bertz CT molecular complexity index is 820. The van der Waals surface area contributed by atoms with Crippen molar-refractivity contribution in [1.82, 2.24) is 0 Å². The highest BCUT2D eigenvalue weighted by molar-refractivity contribution is 7.88. The number of hydrogen-bond donors (Lipinski definition) is 0. The van der Waals surface area contributed by atoms with Gasteiger partial charge >= 0.3 is 21.3 Å². The molecule has 0 saturated carbocycles. The lowest BCUT2D eigenvalue weighted by Gasteiger charge is -2.10. The van der Waals surface area contributed by atoms with Gasteiger partial charge in [0.05, 0.1) is 0 Å². The first-order chi connectivity index (χ1) is 9.10. The van der Waals surface area contributed by atoms with E-state index < -0.39 is 27.0 Å². The molecule has 9 heteroatoms. The first-order valence-electron chi connectivity index (χ1n) is 5.15. The van der Waals surface area contributed by atoms with Crippen LogP contribution in [0.5, 0.6) is 5.75 Å². The van der Waals surface area contributed by atoms with Crippen molar-refractivity contribution in [3.63, 3.8) is 0 Å². The van der Waals surface area contributed by atoms with E-state index in [2.05, 4.69) is 4.18 Å². The fourth-order valence-corrected chi connectivity index (χ4v) is 1.98. The summed E-state index contributed by atoms with van der Waals surface area (Å²) in [5.74, 6) is -0.522. The molecule has 0 aliphatic rings. The van der Waals surface area contributed by atoms with Crippen molar-refractivity contribution in [1.29, 1.82) is 0 Å². The third-order valence-electron chi connectivity index (χ3n) is 2.41. The highest BCUT2D eigenvalue weighted by atomic mass is 32.2.